The van der Waals surface area contributed by atoms with Gasteiger partial charge in [0, 0.05) is 5.02 Å². The molecular formula is C23H21ClFN3O5S. The number of carbonyl (C=O) groups excluding carboxylic acids is 1. The summed E-state index contributed by atoms with van der Waals surface area (Å²) in [4.78, 5) is 17.0. The topological polar surface area (TPSA) is 109 Å². The molecule has 0 aliphatic carbocycles. The summed E-state index contributed by atoms with van der Waals surface area (Å²) in [5, 5.41) is 12.5. The van der Waals surface area contributed by atoms with Crippen molar-refractivity contribution in [2.75, 3.05) is 22.8 Å². The average Bonchev–Trinajstić information content (AvgIpc) is 2.83. The smallest absolute Gasteiger partial charge is 0.265 e. The second kappa shape index (κ2) is 9.57. The van der Waals surface area contributed by atoms with Crippen LogP contribution in [0.4, 0.5) is 16.0 Å². The number of halogens is 2. The predicted octanol–water partition coefficient (Wildman–Crippen LogP) is 3.56. The van der Waals surface area contributed by atoms with E-state index in [1.54, 1.807) is 13.0 Å². The number of amides is 1. The molecule has 0 radical (unpaired) electrons. The number of fused-ring (bicyclic) bond motifs is 1. The Morgan fingerprint density at radius 1 is 1.26 bits per heavy atom. The molecule has 1 aliphatic heterocycles. The molecular weight excluding hydrogens is 485 g/mol. The quantitative estimate of drug-likeness (QED) is 0.530. The van der Waals surface area contributed by atoms with Crippen molar-refractivity contribution in [3.63, 3.8) is 0 Å². The Bertz CT molecular complexity index is 1320. The number of ether oxygens (including phenoxy) is 1. The normalized spacial score (nSPS) is 16.4. The van der Waals surface area contributed by atoms with Crippen molar-refractivity contribution in [3.05, 3.63) is 77.1 Å². The van der Waals surface area contributed by atoms with Gasteiger partial charge in [-0.15, -0.1) is 0 Å². The molecule has 2 aromatic carbocycles. The van der Waals surface area contributed by atoms with Gasteiger partial charge < -0.3 is 15.2 Å². The summed E-state index contributed by atoms with van der Waals surface area (Å²) in [6.07, 6.45) is -0.804. The van der Waals surface area contributed by atoms with Crippen LogP contribution in [0.3, 0.4) is 0 Å². The van der Waals surface area contributed by atoms with Gasteiger partial charge in [-0.1, -0.05) is 29.8 Å². The highest BCUT2D eigenvalue weighted by Crippen LogP contribution is 2.37. The van der Waals surface area contributed by atoms with Crippen LogP contribution in [0.5, 0.6) is 5.75 Å². The molecule has 1 aromatic heterocycles. The first kappa shape index (κ1) is 23.9. The number of benzene rings is 2. The number of hydrogen-bond donors (Lipinski definition) is 2. The third-order valence-electron chi connectivity index (χ3n) is 5.34. The molecule has 1 aliphatic rings. The van der Waals surface area contributed by atoms with Crippen LogP contribution < -0.4 is 14.4 Å². The third kappa shape index (κ3) is 4.84. The van der Waals surface area contributed by atoms with Crippen LogP contribution in [0, 0.1) is 5.82 Å². The van der Waals surface area contributed by atoms with E-state index in [1.165, 1.54) is 54.6 Å². The minimum absolute atomic E-state index is 0.0306. The molecule has 0 saturated heterocycles. The summed E-state index contributed by atoms with van der Waals surface area (Å²) in [7, 11) is -4.10. The number of pyridine rings is 1. The molecule has 0 fully saturated rings. The average molecular weight is 506 g/mol. The molecule has 2 N–H and O–H groups in total. The lowest BCUT2D eigenvalue weighted by atomic mass is 10.0. The third-order valence-corrected chi connectivity index (χ3v) is 7.33. The van der Waals surface area contributed by atoms with E-state index in [-0.39, 0.29) is 33.8 Å². The van der Waals surface area contributed by atoms with E-state index in [4.69, 9.17) is 16.3 Å². The molecule has 8 nitrogen and oxygen atoms in total. The van der Waals surface area contributed by atoms with Gasteiger partial charge in [-0.3, -0.25) is 4.79 Å². The number of aliphatic hydroxyl groups is 1. The molecule has 2 atom stereocenters. The summed E-state index contributed by atoms with van der Waals surface area (Å²) < 4.78 is 46.7. The summed E-state index contributed by atoms with van der Waals surface area (Å²) >= 11 is 5.99. The summed E-state index contributed by atoms with van der Waals surface area (Å²) in [6.45, 7) is 1.06. The van der Waals surface area contributed by atoms with Gasteiger partial charge in [0.05, 0.1) is 24.0 Å². The van der Waals surface area contributed by atoms with Gasteiger partial charge in [-0.05, 0) is 55.0 Å². The number of aromatic nitrogens is 1. The maximum Gasteiger partial charge on any atom is 0.265 e. The van der Waals surface area contributed by atoms with E-state index in [1.807, 2.05) is 0 Å². The van der Waals surface area contributed by atoms with Crippen molar-refractivity contribution < 1.29 is 27.4 Å². The zero-order valence-corrected chi connectivity index (χ0v) is 19.6. The van der Waals surface area contributed by atoms with Crippen LogP contribution in [0.1, 0.15) is 18.4 Å². The van der Waals surface area contributed by atoms with Crippen LogP contribution in [0.15, 0.2) is 65.6 Å². The Hall–Kier alpha value is -3.21. The number of anilines is 2. The summed E-state index contributed by atoms with van der Waals surface area (Å²) in [5.74, 6) is -1.21. The van der Waals surface area contributed by atoms with Crippen molar-refractivity contribution in [2.45, 2.75) is 23.8 Å². The fraction of sp³-hybridized carbons (Fsp3) is 0.217. The molecule has 0 saturated carbocycles. The minimum atomic E-state index is -4.10. The first-order valence-corrected chi connectivity index (χ1v) is 12.1. The summed E-state index contributed by atoms with van der Waals surface area (Å²) in [6, 6.07) is 14.3. The zero-order chi connectivity index (χ0) is 24.5. The molecule has 1 amide bonds. The fourth-order valence-electron chi connectivity index (χ4n) is 3.46. The van der Waals surface area contributed by atoms with Gasteiger partial charge >= 0.3 is 0 Å². The van der Waals surface area contributed by atoms with Gasteiger partial charge in [-0.2, -0.15) is 0 Å². The first-order valence-electron chi connectivity index (χ1n) is 10.3. The number of hydrogen-bond acceptors (Lipinski definition) is 6. The molecule has 11 heteroatoms. The van der Waals surface area contributed by atoms with Crippen molar-refractivity contribution in [1.29, 1.82) is 0 Å². The van der Waals surface area contributed by atoms with Crippen molar-refractivity contribution >= 4 is 39.2 Å². The molecule has 2 unspecified atom stereocenters. The van der Waals surface area contributed by atoms with E-state index in [0.29, 0.717) is 5.56 Å². The molecule has 0 spiro atoms. The Labute approximate surface area is 201 Å². The highest BCUT2D eigenvalue weighted by atomic mass is 35.5. The number of sulfonamides is 1. The first-order chi connectivity index (χ1) is 16.2. The maximum atomic E-state index is 13.4. The Morgan fingerprint density at radius 3 is 2.68 bits per heavy atom. The molecule has 34 heavy (non-hydrogen) atoms. The van der Waals surface area contributed by atoms with Gasteiger partial charge in [0.25, 0.3) is 10.0 Å². The predicted molar refractivity (Wildman–Crippen MR) is 125 cm³/mol. The van der Waals surface area contributed by atoms with E-state index in [9.17, 15) is 22.7 Å². The highest BCUT2D eigenvalue weighted by molar-refractivity contribution is 7.92. The van der Waals surface area contributed by atoms with Crippen LogP contribution in [0.25, 0.3) is 0 Å². The number of nitrogens with zero attached hydrogens (tertiary/aromatic N) is 2. The van der Waals surface area contributed by atoms with Crippen LogP contribution in [-0.2, 0) is 14.8 Å². The van der Waals surface area contributed by atoms with Gasteiger partial charge in [0.2, 0.25) is 5.91 Å². The molecule has 0 bridgehead atoms. The number of nitrogens with one attached hydrogen (secondary N) is 1. The van der Waals surface area contributed by atoms with E-state index in [0.717, 1.165) is 4.31 Å². The second-order valence-corrected chi connectivity index (χ2v) is 10.00. The lowest BCUT2D eigenvalue weighted by molar-refractivity contribution is -0.117. The van der Waals surface area contributed by atoms with Crippen molar-refractivity contribution in [2.24, 2.45) is 0 Å². The lowest BCUT2D eigenvalue weighted by Crippen LogP contribution is -2.45. The number of carbonyl (C=O) groups is 1. The molecule has 4 rings (SSSR count). The molecule has 2 heterocycles. The van der Waals surface area contributed by atoms with Crippen molar-refractivity contribution in [3.8, 4) is 5.75 Å². The zero-order valence-electron chi connectivity index (χ0n) is 18.0. The molecule has 3 aromatic rings. The molecule has 178 valence electrons. The fourth-order valence-corrected chi connectivity index (χ4v) is 5.22. The van der Waals surface area contributed by atoms with Gasteiger partial charge in [0.15, 0.2) is 11.6 Å². The highest BCUT2D eigenvalue weighted by Gasteiger charge is 2.36. The van der Waals surface area contributed by atoms with Gasteiger partial charge in [-0.25, -0.2) is 22.1 Å². The van der Waals surface area contributed by atoms with Gasteiger partial charge in [0.1, 0.15) is 17.7 Å². The summed E-state index contributed by atoms with van der Waals surface area (Å²) in [5.41, 5.74) is 0.608. The Kier molecular flexibility index (Phi) is 6.74. The van der Waals surface area contributed by atoms with E-state index >= 15 is 0 Å². The Balaban J connectivity index is 1.66. The Morgan fingerprint density at radius 2 is 2.00 bits per heavy atom. The maximum absolute atomic E-state index is 13.4. The standard InChI is InChI=1S/C23H21ClFN3O5S/c1-14(15-5-7-17(25)8-6-15)23(30)27-21-10-9-20-22(26-21)28(12-18(13-29)33-20)34(31,32)19-4-2-3-16(24)11-19/h2-11,14,18,29H,12-13H2,1H3,(H,26,27,30). The van der Waals surface area contributed by atoms with Crippen molar-refractivity contribution in [1.82, 2.24) is 4.98 Å². The van der Waals surface area contributed by atoms with E-state index < -0.39 is 40.4 Å². The largest absolute Gasteiger partial charge is 0.482 e. The monoisotopic (exact) mass is 505 g/mol. The lowest BCUT2D eigenvalue weighted by Gasteiger charge is -2.34. The van der Waals surface area contributed by atoms with Crippen LogP contribution >= 0.6 is 11.6 Å². The number of rotatable bonds is 6. The SMILES string of the molecule is CC(C(=O)Nc1ccc2c(n1)N(S(=O)(=O)c1cccc(Cl)c1)CC(CO)O2)c1ccc(F)cc1. The van der Waals surface area contributed by atoms with E-state index in [2.05, 4.69) is 10.3 Å². The second-order valence-electron chi connectivity index (χ2n) is 7.70. The number of aliphatic hydroxyl groups excluding tert-OH is 1. The van der Waals surface area contributed by atoms with Crippen LogP contribution in [-0.4, -0.2) is 43.7 Å². The minimum Gasteiger partial charge on any atom is -0.482 e. The van der Waals surface area contributed by atoms with Crippen LogP contribution in [0.2, 0.25) is 5.02 Å².